The largest absolute Gasteiger partial charge is 0.497 e. The summed E-state index contributed by atoms with van der Waals surface area (Å²) >= 11 is 0. The summed E-state index contributed by atoms with van der Waals surface area (Å²) in [6, 6.07) is 8.91. The molecule has 0 aromatic heterocycles. The number of nitrogens with zero attached hydrogens (tertiary/aromatic N) is 1. The van der Waals surface area contributed by atoms with Crippen molar-refractivity contribution in [3.05, 3.63) is 29.8 Å². The van der Waals surface area contributed by atoms with Crippen LogP contribution in [0.5, 0.6) is 5.75 Å². The van der Waals surface area contributed by atoms with Crippen molar-refractivity contribution in [3.8, 4) is 5.75 Å². The van der Waals surface area contributed by atoms with Crippen LogP contribution in [-0.2, 0) is 0 Å². The molecule has 0 saturated carbocycles. The van der Waals surface area contributed by atoms with Gasteiger partial charge in [-0.15, -0.1) is 0 Å². The summed E-state index contributed by atoms with van der Waals surface area (Å²) in [5, 5.41) is 3.70. The van der Waals surface area contributed by atoms with Crippen molar-refractivity contribution in [1.29, 1.82) is 0 Å². The molecule has 21 heavy (non-hydrogen) atoms. The summed E-state index contributed by atoms with van der Waals surface area (Å²) in [6.07, 6.45) is 1.17. The van der Waals surface area contributed by atoms with Crippen molar-refractivity contribution in [2.75, 3.05) is 33.3 Å². The Balaban J connectivity index is 2.02. The molecular formula is C18H30N2O. The molecule has 3 unspecified atom stereocenters. The van der Waals surface area contributed by atoms with E-state index in [4.69, 9.17) is 4.74 Å². The maximum Gasteiger partial charge on any atom is 0.118 e. The van der Waals surface area contributed by atoms with E-state index in [9.17, 15) is 0 Å². The molecule has 1 saturated heterocycles. The Morgan fingerprint density at radius 2 is 1.81 bits per heavy atom. The van der Waals surface area contributed by atoms with Crippen molar-refractivity contribution in [3.63, 3.8) is 0 Å². The van der Waals surface area contributed by atoms with Crippen molar-refractivity contribution in [2.24, 2.45) is 11.8 Å². The lowest BCUT2D eigenvalue weighted by molar-refractivity contribution is 0.281. The Labute approximate surface area is 129 Å². The highest BCUT2D eigenvalue weighted by Crippen LogP contribution is 2.25. The summed E-state index contributed by atoms with van der Waals surface area (Å²) in [5.41, 5.74) is 1.36. The van der Waals surface area contributed by atoms with E-state index < -0.39 is 0 Å². The van der Waals surface area contributed by atoms with E-state index in [1.807, 2.05) is 0 Å². The van der Waals surface area contributed by atoms with Gasteiger partial charge in [0.05, 0.1) is 7.11 Å². The van der Waals surface area contributed by atoms with Gasteiger partial charge in [-0.05, 0) is 42.5 Å². The number of methoxy groups -OCH3 is 1. The third-order valence-electron chi connectivity index (χ3n) is 4.66. The molecule has 1 N–H and O–H groups in total. The smallest absolute Gasteiger partial charge is 0.118 e. The first-order chi connectivity index (χ1) is 10.1. The number of nitrogens with one attached hydrogen (secondary N) is 1. The zero-order valence-corrected chi connectivity index (χ0v) is 13.9. The molecule has 1 fully saturated rings. The second-order valence-electron chi connectivity index (χ2n) is 6.45. The molecule has 1 aliphatic rings. The Kier molecular flexibility index (Phi) is 6.07. The van der Waals surface area contributed by atoms with E-state index in [-0.39, 0.29) is 0 Å². The van der Waals surface area contributed by atoms with Crippen LogP contribution in [0, 0.1) is 11.8 Å². The summed E-state index contributed by atoms with van der Waals surface area (Å²) < 4.78 is 5.26. The van der Waals surface area contributed by atoms with E-state index in [0.717, 1.165) is 30.7 Å². The van der Waals surface area contributed by atoms with Crippen molar-refractivity contribution in [1.82, 2.24) is 10.2 Å². The molecule has 1 aromatic carbocycles. The van der Waals surface area contributed by atoms with E-state index in [1.54, 1.807) is 7.11 Å². The molecule has 0 amide bonds. The van der Waals surface area contributed by atoms with Gasteiger partial charge in [0.25, 0.3) is 0 Å². The third kappa shape index (κ3) is 4.45. The van der Waals surface area contributed by atoms with E-state index in [2.05, 4.69) is 55.3 Å². The zero-order chi connectivity index (χ0) is 15.2. The van der Waals surface area contributed by atoms with Crippen molar-refractivity contribution in [2.45, 2.75) is 33.2 Å². The highest BCUT2D eigenvalue weighted by Gasteiger charge is 2.27. The normalized spacial score (nSPS) is 24.2. The molecule has 2 rings (SSSR count). The van der Waals surface area contributed by atoms with Gasteiger partial charge in [-0.25, -0.2) is 0 Å². The zero-order valence-electron chi connectivity index (χ0n) is 13.9. The van der Waals surface area contributed by atoms with Crippen molar-refractivity contribution < 1.29 is 4.74 Å². The lowest BCUT2D eigenvalue weighted by atomic mass is 10.0. The number of hydrogen-bond acceptors (Lipinski definition) is 3. The maximum atomic E-state index is 5.26. The molecule has 0 spiro atoms. The van der Waals surface area contributed by atoms with Crippen LogP contribution in [0.15, 0.2) is 24.3 Å². The molecular weight excluding hydrogens is 260 g/mol. The van der Waals surface area contributed by atoms with Gasteiger partial charge >= 0.3 is 0 Å². The van der Waals surface area contributed by atoms with Gasteiger partial charge in [-0.1, -0.05) is 32.9 Å². The quantitative estimate of drug-likeness (QED) is 0.833. The maximum absolute atomic E-state index is 5.26. The minimum atomic E-state index is 0.411. The SMILES string of the molecule is CCCNC(CN1CC(C)C(C)C1)c1ccc(OC)cc1. The number of hydrogen-bond donors (Lipinski definition) is 1. The van der Waals surface area contributed by atoms with Crippen LogP contribution in [-0.4, -0.2) is 38.2 Å². The van der Waals surface area contributed by atoms with Crippen LogP contribution in [0.25, 0.3) is 0 Å². The fourth-order valence-electron chi connectivity index (χ4n) is 3.10. The van der Waals surface area contributed by atoms with Crippen LogP contribution in [0.2, 0.25) is 0 Å². The first-order valence-electron chi connectivity index (χ1n) is 8.23. The predicted molar refractivity (Wildman–Crippen MR) is 88.8 cm³/mol. The van der Waals surface area contributed by atoms with Gasteiger partial charge in [-0.2, -0.15) is 0 Å². The number of likely N-dealkylation sites (tertiary alicyclic amines) is 1. The van der Waals surface area contributed by atoms with Crippen molar-refractivity contribution >= 4 is 0 Å². The van der Waals surface area contributed by atoms with E-state index in [1.165, 1.54) is 25.1 Å². The van der Waals surface area contributed by atoms with Gasteiger partial charge in [-0.3, -0.25) is 0 Å². The standard InChI is InChI=1S/C18H30N2O/c1-5-10-19-18(13-20-11-14(2)15(3)12-20)16-6-8-17(21-4)9-7-16/h6-9,14-15,18-19H,5,10-13H2,1-4H3. The number of benzene rings is 1. The minimum Gasteiger partial charge on any atom is -0.497 e. The van der Waals surface area contributed by atoms with Gasteiger partial charge in [0.2, 0.25) is 0 Å². The minimum absolute atomic E-state index is 0.411. The Hall–Kier alpha value is -1.06. The summed E-state index contributed by atoms with van der Waals surface area (Å²) in [5.74, 6) is 2.55. The van der Waals surface area contributed by atoms with Gasteiger partial charge in [0.15, 0.2) is 0 Å². The molecule has 1 heterocycles. The topological polar surface area (TPSA) is 24.5 Å². The molecule has 0 aliphatic carbocycles. The predicted octanol–water partition coefficient (Wildman–Crippen LogP) is 3.32. The lowest BCUT2D eigenvalue weighted by Gasteiger charge is -2.25. The molecule has 3 heteroatoms. The van der Waals surface area contributed by atoms with Crippen LogP contribution in [0.1, 0.15) is 38.8 Å². The number of ether oxygens (including phenoxy) is 1. The molecule has 3 atom stereocenters. The summed E-state index contributed by atoms with van der Waals surface area (Å²) in [7, 11) is 1.72. The Morgan fingerprint density at radius 3 is 2.33 bits per heavy atom. The fraction of sp³-hybridized carbons (Fsp3) is 0.667. The highest BCUT2D eigenvalue weighted by molar-refractivity contribution is 5.29. The van der Waals surface area contributed by atoms with E-state index >= 15 is 0 Å². The molecule has 0 bridgehead atoms. The van der Waals surface area contributed by atoms with Gasteiger partial charge in [0.1, 0.15) is 5.75 Å². The van der Waals surface area contributed by atoms with Gasteiger partial charge < -0.3 is 15.0 Å². The van der Waals surface area contributed by atoms with E-state index in [0.29, 0.717) is 6.04 Å². The first kappa shape index (κ1) is 16.3. The third-order valence-corrected chi connectivity index (χ3v) is 4.66. The monoisotopic (exact) mass is 290 g/mol. The van der Waals surface area contributed by atoms with Crippen LogP contribution >= 0.6 is 0 Å². The van der Waals surface area contributed by atoms with Gasteiger partial charge in [0, 0.05) is 25.7 Å². The van der Waals surface area contributed by atoms with Crippen LogP contribution in [0.4, 0.5) is 0 Å². The first-order valence-corrected chi connectivity index (χ1v) is 8.23. The molecule has 1 aromatic rings. The fourth-order valence-corrected chi connectivity index (χ4v) is 3.10. The van der Waals surface area contributed by atoms with Crippen LogP contribution < -0.4 is 10.1 Å². The molecule has 1 aliphatic heterocycles. The average Bonchev–Trinajstić information content (AvgIpc) is 2.82. The summed E-state index contributed by atoms with van der Waals surface area (Å²) in [4.78, 5) is 2.60. The molecule has 0 radical (unpaired) electrons. The van der Waals surface area contributed by atoms with Crippen LogP contribution in [0.3, 0.4) is 0 Å². The average molecular weight is 290 g/mol. The number of rotatable bonds is 7. The highest BCUT2D eigenvalue weighted by atomic mass is 16.5. The second-order valence-corrected chi connectivity index (χ2v) is 6.45. The Bertz CT molecular complexity index is 408. The Morgan fingerprint density at radius 1 is 1.19 bits per heavy atom. The molecule has 118 valence electrons. The summed E-state index contributed by atoms with van der Waals surface area (Å²) in [6.45, 7) is 11.6. The second kappa shape index (κ2) is 7.81. The lowest BCUT2D eigenvalue weighted by Crippen LogP contribution is -2.34. The molecule has 3 nitrogen and oxygen atoms in total.